The third kappa shape index (κ3) is 6.23. The molecule has 1 atom stereocenters. The van der Waals surface area contributed by atoms with Crippen LogP contribution in [0.25, 0.3) is 0 Å². The number of hydrogen-bond donors (Lipinski definition) is 2. The van der Waals surface area contributed by atoms with Crippen LogP contribution in [0.4, 0.5) is 4.39 Å². The lowest BCUT2D eigenvalue weighted by Gasteiger charge is -2.34. The standard InChI is InChI=1S/C21H25FN2OS.ClH/c1-21(11-13-23-14-12-21)15-24-20(25)19(16-5-3-2-4-6-16)26-18-9-7-17(22)8-10-18;/h2-10,19,23H,11-15H2,1H3,(H,24,25);1H. The summed E-state index contributed by atoms with van der Waals surface area (Å²) in [5, 5.41) is 6.17. The highest BCUT2D eigenvalue weighted by molar-refractivity contribution is 8.00. The van der Waals surface area contributed by atoms with E-state index in [1.54, 1.807) is 12.1 Å². The minimum Gasteiger partial charge on any atom is -0.354 e. The fourth-order valence-corrected chi connectivity index (χ4v) is 4.20. The first-order valence-electron chi connectivity index (χ1n) is 9.01. The van der Waals surface area contributed by atoms with Crippen LogP contribution in [-0.4, -0.2) is 25.5 Å². The Kier molecular flexibility index (Phi) is 8.14. The van der Waals surface area contributed by atoms with E-state index in [1.807, 2.05) is 30.3 Å². The van der Waals surface area contributed by atoms with Crippen molar-refractivity contribution in [2.75, 3.05) is 19.6 Å². The average molecular weight is 409 g/mol. The van der Waals surface area contributed by atoms with Crippen molar-refractivity contribution in [3.63, 3.8) is 0 Å². The SMILES string of the molecule is CC1(CNC(=O)C(Sc2ccc(F)cc2)c2ccccc2)CCNCC1.Cl. The number of rotatable bonds is 6. The van der Waals surface area contributed by atoms with Gasteiger partial charge in [0.1, 0.15) is 11.1 Å². The molecule has 146 valence electrons. The molecule has 0 aliphatic carbocycles. The highest BCUT2D eigenvalue weighted by atomic mass is 35.5. The van der Waals surface area contributed by atoms with Crippen molar-refractivity contribution in [3.05, 3.63) is 66.0 Å². The molecule has 2 N–H and O–H groups in total. The number of thioether (sulfide) groups is 1. The molecule has 1 heterocycles. The van der Waals surface area contributed by atoms with Crippen LogP contribution in [0.2, 0.25) is 0 Å². The predicted molar refractivity (Wildman–Crippen MR) is 112 cm³/mol. The molecule has 0 saturated carbocycles. The summed E-state index contributed by atoms with van der Waals surface area (Å²) in [5.74, 6) is -0.265. The maximum Gasteiger partial charge on any atom is 0.238 e. The Hall–Kier alpha value is -1.56. The van der Waals surface area contributed by atoms with Crippen molar-refractivity contribution in [1.29, 1.82) is 0 Å². The summed E-state index contributed by atoms with van der Waals surface area (Å²) >= 11 is 1.45. The van der Waals surface area contributed by atoms with E-state index in [-0.39, 0.29) is 34.8 Å². The first-order chi connectivity index (χ1) is 12.6. The maximum atomic E-state index is 13.2. The summed E-state index contributed by atoms with van der Waals surface area (Å²) in [7, 11) is 0. The molecule has 3 rings (SSSR count). The second-order valence-electron chi connectivity index (χ2n) is 7.14. The number of piperidine rings is 1. The van der Waals surface area contributed by atoms with E-state index < -0.39 is 0 Å². The molecule has 0 aromatic heterocycles. The van der Waals surface area contributed by atoms with Crippen molar-refractivity contribution in [1.82, 2.24) is 10.6 Å². The monoisotopic (exact) mass is 408 g/mol. The van der Waals surface area contributed by atoms with Crippen LogP contribution in [0.5, 0.6) is 0 Å². The second-order valence-corrected chi connectivity index (χ2v) is 8.32. The highest BCUT2D eigenvalue weighted by Crippen LogP contribution is 2.36. The van der Waals surface area contributed by atoms with Crippen molar-refractivity contribution >= 4 is 30.1 Å². The van der Waals surface area contributed by atoms with Crippen LogP contribution in [0, 0.1) is 11.2 Å². The molecule has 1 saturated heterocycles. The van der Waals surface area contributed by atoms with Gasteiger partial charge >= 0.3 is 0 Å². The minimum atomic E-state index is -0.355. The van der Waals surface area contributed by atoms with E-state index in [4.69, 9.17) is 0 Å². The Morgan fingerprint density at radius 2 is 1.78 bits per heavy atom. The Bertz CT molecular complexity index is 721. The Labute approximate surface area is 170 Å². The number of benzene rings is 2. The second kappa shape index (κ2) is 10.1. The fourth-order valence-electron chi connectivity index (χ4n) is 3.15. The zero-order chi connectivity index (χ0) is 18.4. The van der Waals surface area contributed by atoms with Crippen LogP contribution in [0.3, 0.4) is 0 Å². The first kappa shape index (κ1) is 21.7. The molecular formula is C21H26ClFN2OS. The Balaban J connectivity index is 0.00000261. The van der Waals surface area contributed by atoms with Gasteiger partial charge in [-0.25, -0.2) is 4.39 Å². The minimum absolute atomic E-state index is 0. The molecule has 1 aliphatic rings. The molecule has 3 nitrogen and oxygen atoms in total. The van der Waals surface area contributed by atoms with Crippen LogP contribution < -0.4 is 10.6 Å². The molecule has 27 heavy (non-hydrogen) atoms. The highest BCUT2D eigenvalue weighted by Gasteiger charge is 2.29. The molecule has 0 radical (unpaired) electrons. The van der Waals surface area contributed by atoms with Gasteiger partial charge in [-0.1, -0.05) is 37.3 Å². The van der Waals surface area contributed by atoms with Gasteiger partial charge in [-0.2, -0.15) is 0 Å². The van der Waals surface area contributed by atoms with E-state index in [2.05, 4.69) is 17.6 Å². The van der Waals surface area contributed by atoms with Crippen LogP contribution in [0.15, 0.2) is 59.5 Å². The maximum absolute atomic E-state index is 13.2. The van der Waals surface area contributed by atoms with Crippen LogP contribution >= 0.6 is 24.2 Å². The van der Waals surface area contributed by atoms with E-state index >= 15 is 0 Å². The van der Waals surface area contributed by atoms with Gasteiger partial charge < -0.3 is 10.6 Å². The lowest BCUT2D eigenvalue weighted by Crippen LogP contribution is -2.43. The van der Waals surface area contributed by atoms with Gasteiger partial charge in [-0.3, -0.25) is 4.79 Å². The van der Waals surface area contributed by atoms with Crippen LogP contribution in [0.1, 0.15) is 30.6 Å². The van der Waals surface area contributed by atoms with E-state index in [9.17, 15) is 9.18 Å². The number of carbonyl (C=O) groups excluding carboxylic acids is 1. The summed E-state index contributed by atoms with van der Waals surface area (Å²) in [5.41, 5.74) is 1.10. The number of hydrogen-bond acceptors (Lipinski definition) is 3. The van der Waals surface area contributed by atoms with Crippen LogP contribution in [-0.2, 0) is 4.79 Å². The molecule has 2 aromatic carbocycles. The summed E-state index contributed by atoms with van der Waals surface area (Å²) in [6.45, 7) is 4.91. The van der Waals surface area contributed by atoms with E-state index in [1.165, 1.54) is 23.9 Å². The van der Waals surface area contributed by atoms with Gasteiger partial charge in [0.25, 0.3) is 0 Å². The summed E-state index contributed by atoms with van der Waals surface area (Å²) in [6.07, 6.45) is 2.13. The van der Waals surface area contributed by atoms with Gasteiger partial charge in [0.05, 0.1) is 0 Å². The zero-order valence-electron chi connectivity index (χ0n) is 15.4. The van der Waals surface area contributed by atoms with Gasteiger partial charge in [0, 0.05) is 11.4 Å². The van der Waals surface area contributed by atoms with Gasteiger partial charge in [-0.05, 0) is 61.2 Å². The summed E-state index contributed by atoms with van der Waals surface area (Å²) in [4.78, 5) is 13.9. The average Bonchev–Trinajstić information content (AvgIpc) is 2.67. The molecule has 1 unspecified atom stereocenters. The molecule has 0 spiro atoms. The molecule has 1 amide bonds. The number of carbonyl (C=O) groups is 1. The quantitative estimate of drug-likeness (QED) is 0.687. The zero-order valence-corrected chi connectivity index (χ0v) is 17.0. The predicted octanol–water partition coefficient (Wildman–Crippen LogP) is 4.59. The van der Waals surface area contributed by atoms with Crippen molar-refractivity contribution < 1.29 is 9.18 Å². The Morgan fingerprint density at radius 3 is 2.41 bits per heavy atom. The third-order valence-corrected chi connectivity index (χ3v) is 6.17. The molecule has 0 bridgehead atoms. The van der Waals surface area contributed by atoms with Gasteiger partial charge in [0.2, 0.25) is 5.91 Å². The molecule has 1 fully saturated rings. The number of halogens is 2. The van der Waals surface area contributed by atoms with E-state index in [0.29, 0.717) is 6.54 Å². The smallest absolute Gasteiger partial charge is 0.238 e. The van der Waals surface area contributed by atoms with E-state index in [0.717, 1.165) is 36.4 Å². The van der Waals surface area contributed by atoms with Crippen molar-refractivity contribution in [2.24, 2.45) is 5.41 Å². The number of amides is 1. The molecule has 1 aliphatic heterocycles. The topological polar surface area (TPSA) is 41.1 Å². The molecule has 2 aromatic rings. The molecular weight excluding hydrogens is 383 g/mol. The summed E-state index contributed by atoms with van der Waals surface area (Å²) < 4.78 is 13.2. The lowest BCUT2D eigenvalue weighted by atomic mass is 9.81. The third-order valence-electron chi connectivity index (χ3n) is 4.91. The van der Waals surface area contributed by atoms with Gasteiger partial charge in [0.15, 0.2) is 0 Å². The fraction of sp³-hybridized carbons (Fsp3) is 0.381. The Morgan fingerprint density at radius 1 is 1.15 bits per heavy atom. The number of nitrogens with one attached hydrogen (secondary N) is 2. The van der Waals surface area contributed by atoms with Gasteiger partial charge in [-0.15, -0.1) is 24.2 Å². The lowest BCUT2D eigenvalue weighted by molar-refractivity contribution is -0.121. The normalized spacial score (nSPS) is 16.8. The van der Waals surface area contributed by atoms with Crippen molar-refractivity contribution in [2.45, 2.75) is 29.9 Å². The largest absolute Gasteiger partial charge is 0.354 e. The first-order valence-corrected chi connectivity index (χ1v) is 9.89. The molecule has 6 heteroatoms. The summed E-state index contributed by atoms with van der Waals surface area (Å²) in [6, 6.07) is 16.0. The van der Waals surface area contributed by atoms with Crippen molar-refractivity contribution in [3.8, 4) is 0 Å².